The van der Waals surface area contributed by atoms with Crippen LogP contribution in [0.5, 0.6) is 0 Å². The Labute approximate surface area is 164 Å². The van der Waals surface area contributed by atoms with Crippen molar-refractivity contribution in [1.29, 1.82) is 0 Å². The second kappa shape index (κ2) is 7.97. The van der Waals surface area contributed by atoms with Gasteiger partial charge in [-0.1, -0.05) is 31.2 Å². The maximum absolute atomic E-state index is 12.5. The number of amides is 2. The molecule has 1 aromatic carbocycles. The van der Waals surface area contributed by atoms with Crippen molar-refractivity contribution in [2.24, 2.45) is 10.9 Å². The number of nitrogens with one attached hydrogen (secondary N) is 1. The monoisotopic (exact) mass is 376 g/mol. The van der Waals surface area contributed by atoms with E-state index in [4.69, 9.17) is 4.74 Å². The minimum Gasteiger partial charge on any atom is -0.474 e. The van der Waals surface area contributed by atoms with E-state index in [-0.39, 0.29) is 29.7 Å². The molecular formula is C23H24N2O3. The van der Waals surface area contributed by atoms with Crippen LogP contribution in [0.25, 0.3) is 6.08 Å². The van der Waals surface area contributed by atoms with Gasteiger partial charge in [0, 0.05) is 11.6 Å². The fourth-order valence-electron chi connectivity index (χ4n) is 3.72. The summed E-state index contributed by atoms with van der Waals surface area (Å²) in [6.45, 7) is 2.26. The second-order valence-corrected chi connectivity index (χ2v) is 7.69. The van der Waals surface area contributed by atoms with Crippen molar-refractivity contribution >= 4 is 23.6 Å². The number of benzene rings is 1. The number of aliphatic imine (C=N–C) groups is 1. The van der Waals surface area contributed by atoms with Gasteiger partial charge in [-0.25, -0.2) is 4.99 Å². The third-order valence-electron chi connectivity index (χ3n) is 5.47. The number of fused-ring (bicyclic) bond motifs is 1. The number of nitrogens with zero attached hydrogens (tertiary/aromatic N) is 1. The van der Waals surface area contributed by atoms with Gasteiger partial charge in [-0.05, 0) is 67.5 Å². The summed E-state index contributed by atoms with van der Waals surface area (Å²) in [5, 5.41) is 3.13. The van der Waals surface area contributed by atoms with Crippen LogP contribution < -0.4 is 5.32 Å². The first-order chi connectivity index (χ1) is 13.6. The van der Waals surface area contributed by atoms with Gasteiger partial charge in [0.1, 0.15) is 0 Å². The van der Waals surface area contributed by atoms with Crippen molar-refractivity contribution in [1.82, 2.24) is 5.32 Å². The minimum atomic E-state index is -0.389. The van der Waals surface area contributed by atoms with E-state index in [1.165, 1.54) is 12.8 Å². The molecule has 0 bridgehead atoms. The van der Waals surface area contributed by atoms with Gasteiger partial charge in [-0.15, -0.1) is 0 Å². The quantitative estimate of drug-likeness (QED) is 0.815. The lowest BCUT2D eigenvalue weighted by Crippen LogP contribution is -2.37. The Bertz CT molecular complexity index is 885. The lowest BCUT2D eigenvalue weighted by molar-refractivity contribution is -0.118. The Kier molecular flexibility index (Phi) is 5.24. The van der Waals surface area contributed by atoms with E-state index in [1.807, 2.05) is 30.4 Å². The fraction of sp³-hybridized carbons (Fsp3) is 0.348. The Balaban J connectivity index is 1.42. The maximum atomic E-state index is 12.5. The molecule has 5 heteroatoms. The molecule has 2 aliphatic carbocycles. The van der Waals surface area contributed by atoms with Crippen LogP contribution in [-0.2, 0) is 9.53 Å². The third-order valence-corrected chi connectivity index (χ3v) is 5.47. The molecule has 1 heterocycles. The lowest BCUT2D eigenvalue weighted by Gasteiger charge is -2.26. The summed E-state index contributed by atoms with van der Waals surface area (Å²) < 4.78 is 5.76. The predicted molar refractivity (Wildman–Crippen MR) is 109 cm³/mol. The Hall–Kier alpha value is -2.95. The minimum absolute atomic E-state index is 0.0443. The molecule has 0 spiro atoms. The first kappa shape index (κ1) is 18.4. The number of hydrogen-bond acceptors (Lipinski definition) is 3. The maximum Gasteiger partial charge on any atom is 0.312 e. The third kappa shape index (κ3) is 4.14. The van der Waals surface area contributed by atoms with Gasteiger partial charge in [0.2, 0.25) is 0 Å². The molecule has 3 aliphatic rings. The average Bonchev–Trinajstić information content (AvgIpc) is 2.71. The molecule has 4 rings (SSSR count). The zero-order chi connectivity index (χ0) is 19.5. The van der Waals surface area contributed by atoms with Crippen molar-refractivity contribution in [3.05, 3.63) is 65.5 Å². The van der Waals surface area contributed by atoms with Crippen molar-refractivity contribution in [2.75, 3.05) is 0 Å². The molecule has 5 nitrogen and oxygen atoms in total. The molecule has 144 valence electrons. The van der Waals surface area contributed by atoms with Crippen molar-refractivity contribution in [3.63, 3.8) is 0 Å². The molecule has 1 aliphatic heterocycles. The highest BCUT2D eigenvalue weighted by molar-refractivity contribution is 6.13. The van der Waals surface area contributed by atoms with Crippen molar-refractivity contribution in [3.8, 4) is 0 Å². The normalized spacial score (nSPS) is 27.8. The fourth-order valence-corrected chi connectivity index (χ4v) is 3.72. The predicted octanol–water partition coefficient (Wildman–Crippen LogP) is 3.83. The number of allylic oxidation sites excluding steroid dienone is 2. The summed E-state index contributed by atoms with van der Waals surface area (Å²) in [5.74, 6) is 0.532. The average molecular weight is 376 g/mol. The zero-order valence-electron chi connectivity index (χ0n) is 15.9. The van der Waals surface area contributed by atoms with E-state index in [9.17, 15) is 9.59 Å². The SMILES string of the molecule is CC1CCC(NC(=O)c2ccc(/C=C3\OC4C=CC=CC4=NC3=O)cc2)CC1. The van der Waals surface area contributed by atoms with Crippen LogP contribution in [0.15, 0.2) is 59.3 Å². The Morgan fingerprint density at radius 1 is 1.14 bits per heavy atom. The summed E-state index contributed by atoms with van der Waals surface area (Å²) in [5.41, 5.74) is 2.03. The molecule has 1 unspecified atom stereocenters. The van der Waals surface area contributed by atoms with Gasteiger partial charge in [-0.2, -0.15) is 0 Å². The number of rotatable bonds is 3. The molecule has 0 saturated heterocycles. The van der Waals surface area contributed by atoms with Crippen molar-refractivity contribution < 1.29 is 14.3 Å². The van der Waals surface area contributed by atoms with E-state index in [0.29, 0.717) is 11.3 Å². The number of carbonyl (C=O) groups is 2. The smallest absolute Gasteiger partial charge is 0.312 e. The van der Waals surface area contributed by atoms with Gasteiger partial charge >= 0.3 is 5.91 Å². The van der Waals surface area contributed by atoms with Crippen LogP contribution in [0.4, 0.5) is 0 Å². The molecule has 1 saturated carbocycles. The van der Waals surface area contributed by atoms with E-state index in [0.717, 1.165) is 24.3 Å². The van der Waals surface area contributed by atoms with Gasteiger partial charge in [0.05, 0.1) is 5.71 Å². The second-order valence-electron chi connectivity index (χ2n) is 7.69. The standard InChI is InChI=1S/C23H24N2O3/c1-15-6-12-18(13-7-15)24-22(26)17-10-8-16(9-11-17)14-21-23(27)25-19-4-2-3-5-20(19)28-21/h2-5,8-11,14-15,18,20H,6-7,12-13H2,1H3,(H,24,26)/b21-14-. The first-order valence-corrected chi connectivity index (χ1v) is 9.85. The summed E-state index contributed by atoms with van der Waals surface area (Å²) in [6.07, 6.45) is 13.1. The molecule has 1 N–H and O–H groups in total. The van der Waals surface area contributed by atoms with Crippen LogP contribution in [0.1, 0.15) is 48.5 Å². The number of ether oxygens (including phenoxy) is 1. The van der Waals surface area contributed by atoms with Gasteiger partial charge in [-0.3, -0.25) is 9.59 Å². The lowest BCUT2D eigenvalue weighted by atomic mass is 9.87. The molecule has 1 fully saturated rings. The molecule has 1 atom stereocenters. The van der Waals surface area contributed by atoms with Gasteiger partial charge < -0.3 is 10.1 Å². The van der Waals surface area contributed by atoms with E-state index in [2.05, 4.69) is 17.2 Å². The van der Waals surface area contributed by atoms with E-state index in [1.54, 1.807) is 24.3 Å². The van der Waals surface area contributed by atoms with Crippen LogP contribution >= 0.6 is 0 Å². The molecule has 1 aromatic rings. The highest BCUT2D eigenvalue weighted by atomic mass is 16.5. The highest BCUT2D eigenvalue weighted by Gasteiger charge is 2.26. The van der Waals surface area contributed by atoms with Gasteiger partial charge in [0.15, 0.2) is 11.9 Å². The molecule has 0 aromatic heterocycles. The van der Waals surface area contributed by atoms with Gasteiger partial charge in [0.25, 0.3) is 5.91 Å². The summed E-state index contributed by atoms with van der Waals surface area (Å²) in [6, 6.07) is 7.45. The molecular weight excluding hydrogens is 352 g/mol. The number of carbonyl (C=O) groups excluding carboxylic acids is 2. The molecule has 2 amide bonds. The van der Waals surface area contributed by atoms with Crippen LogP contribution in [0.3, 0.4) is 0 Å². The Morgan fingerprint density at radius 2 is 1.89 bits per heavy atom. The Morgan fingerprint density at radius 3 is 2.64 bits per heavy atom. The van der Waals surface area contributed by atoms with E-state index < -0.39 is 0 Å². The van der Waals surface area contributed by atoms with E-state index >= 15 is 0 Å². The number of hydrogen-bond donors (Lipinski definition) is 1. The molecule has 0 radical (unpaired) electrons. The zero-order valence-corrected chi connectivity index (χ0v) is 15.9. The summed E-state index contributed by atoms with van der Waals surface area (Å²) in [7, 11) is 0. The first-order valence-electron chi connectivity index (χ1n) is 9.85. The molecule has 28 heavy (non-hydrogen) atoms. The summed E-state index contributed by atoms with van der Waals surface area (Å²) >= 11 is 0. The topological polar surface area (TPSA) is 67.8 Å². The van der Waals surface area contributed by atoms with Crippen LogP contribution in [0, 0.1) is 5.92 Å². The summed E-state index contributed by atoms with van der Waals surface area (Å²) in [4.78, 5) is 28.7. The van der Waals surface area contributed by atoms with Crippen LogP contribution in [0.2, 0.25) is 0 Å². The van der Waals surface area contributed by atoms with Crippen LogP contribution in [-0.4, -0.2) is 29.7 Å². The largest absolute Gasteiger partial charge is 0.474 e. The highest BCUT2D eigenvalue weighted by Crippen LogP contribution is 2.24. The van der Waals surface area contributed by atoms with Crippen molar-refractivity contribution in [2.45, 2.75) is 44.8 Å².